The van der Waals surface area contributed by atoms with Gasteiger partial charge in [-0.1, -0.05) is 19.1 Å². The standard InChI is InChI=1S/C15H20FNO3/c1-11-6-7-17(13(10-11)15(18)19)8-9-20-14-5-3-2-4-12(14)16/h2-5,11,13H,6-10H2,1H3,(H,18,19). The SMILES string of the molecule is CC1CCN(CCOc2ccccc2F)C(C(=O)O)C1. The lowest BCUT2D eigenvalue weighted by molar-refractivity contribution is -0.145. The van der Waals surface area contributed by atoms with Crippen LogP contribution in [-0.4, -0.2) is 41.7 Å². The van der Waals surface area contributed by atoms with Gasteiger partial charge in [0, 0.05) is 6.54 Å². The fourth-order valence-electron chi connectivity index (χ4n) is 2.55. The topological polar surface area (TPSA) is 49.8 Å². The van der Waals surface area contributed by atoms with Gasteiger partial charge in [0.05, 0.1) is 0 Å². The van der Waals surface area contributed by atoms with Crippen molar-refractivity contribution < 1.29 is 19.0 Å². The molecular formula is C15H20FNO3. The molecule has 1 aromatic carbocycles. The molecule has 0 bridgehead atoms. The fraction of sp³-hybridized carbons (Fsp3) is 0.533. The number of carboxylic acid groups (broad SMARTS) is 1. The van der Waals surface area contributed by atoms with Crippen LogP contribution < -0.4 is 4.74 Å². The molecule has 1 aliphatic heterocycles. The molecule has 5 heteroatoms. The largest absolute Gasteiger partial charge is 0.489 e. The molecule has 110 valence electrons. The number of benzene rings is 1. The maximum absolute atomic E-state index is 13.4. The first-order valence-corrected chi connectivity index (χ1v) is 6.92. The Bertz CT molecular complexity index is 466. The predicted molar refractivity (Wildman–Crippen MR) is 73.3 cm³/mol. The monoisotopic (exact) mass is 281 g/mol. The second-order valence-corrected chi connectivity index (χ2v) is 5.30. The van der Waals surface area contributed by atoms with Crippen molar-refractivity contribution >= 4 is 5.97 Å². The van der Waals surface area contributed by atoms with Gasteiger partial charge in [0.2, 0.25) is 0 Å². The molecule has 0 saturated carbocycles. The van der Waals surface area contributed by atoms with Crippen LogP contribution in [0.15, 0.2) is 24.3 Å². The Labute approximate surface area is 118 Å². The third-order valence-electron chi connectivity index (χ3n) is 3.73. The first kappa shape index (κ1) is 14.8. The molecule has 4 nitrogen and oxygen atoms in total. The summed E-state index contributed by atoms with van der Waals surface area (Å²) in [7, 11) is 0. The lowest BCUT2D eigenvalue weighted by Crippen LogP contribution is -2.48. The van der Waals surface area contributed by atoms with E-state index in [9.17, 15) is 14.3 Å². The highest BCUT2D eigenvalue weighted by Crippen LogP contribution is 2.22. The molecule has 1 aromatic rings. The molecule has 1 N–H and O–H groups in total. The van der Waals surface area contributed by atoms with Crippen molar-refractivity contribution in [3.63, 3.8) is 0 Å². The van der Waals surface area contributed by atoms with Gasteiger partial charge in [0.15, 0.2) is 11.6 Å². The van der Waals surface area contributed by atoms with Gasteiger partial charge in [-0.05, 0) is 37.4 Å². The number of aliphatic carboxylic acids is 1. The maximum Gasteiger partial charge on any atom is 0.320 e. The first-order valence-electron chi connectivity index (χ1n) is 6.92. The van der Waals surface area contributed by atoms with E-state index in [-0.39, 0.29) is 5.75 Å². The number of carbonyl (C=O) groups is 1. The lowest BCUT2D eigenvalue weighted by atomic mass is 9.92. The molecule has 20 heavy (non-hydrogen) atoms. The molecule has 2 rings (SSSR count). The van der Waals surface area contributed by atoms with Gasteiger partial charge in [-0.2, -0.15) is 0 Å². The van der Waals surface area contributed by atoms with Gasteiger partial charge in [-0.25, -0.2) is 4.39 Å². The Morgan fingerprint density at radius 3 is 2.95 bits per heavy atom. The highest BCUT2D eigenvalue weighted by Gasteiger charge is 2.31. The molecule has 1 fully saturated rings. The van der Waals surface area contributed by atoms with E-state index < -0.39 is 17.8 Å². The normalized spacial score (nSPS) is 23.5. The van der Waals surface area contributed by atoms with Crippen molar-refractivity contribution in [2.75, 3.05) is 19.7 Å². The Morgan fingerprint density at radius 1 is 1.50 bits per heavy atom. The number of likely N-dealkylation sites (tertiary alicyclic amines) is 1. The molecule has 2 atom stereocenters. The zero-order valence-electron chi connectivity index (χ0n) is 11.6. The van der Waals surface area contributed by atoms with Crippen molar-refractivity contribution in [3.05, 3.63) is 30.1 Å². The van der Waals surface area contributed by atoms with Gasteiger partial charge >= 0.3 is 5.97 Å². The highest BCUT2D eigenvalue weighted by molar-refractivity contribution is 5.73. The van der Waals surface area contributed by atoms with Crippen LogP contribution in [0, 0.1) is 11.7 Å². The van der Waals surface area contributed by atoms with Crippen molar-refractivity contribution in [1.82, 2.24) is 4.90 Å². The highest BCUT2D eigenvalue weighted by atomic mass is 19.1. The Balaban J connectivity index is 1.86. The number of carboxylic acids is 1. The van der Waals surface area contributed by atoms with Crippen molar-refractivity contribution in [3.8, 4) is 5.75 Å². The van der Waals surface area contributed by atoms with Crippen LogP contribution in [0.4, 0.5) is 4.39 Å². The number of hydrogen-bond acceptors (Lipinski definition) is 3. The predicted octanol–water partition coefficient (Wildman–Crippen LogP) is 2.39. The molecule has 2 unspecified atom stereocenters. The van der Waals surface area contributed by atoms with Crippen LogP contribution in [0.1, 0.15) is 19.8 Å². The third kappa shape index (κ3) is 3.70. The second kappa shape index (κ2) is 6.70. The van der Waals surface area contributed by atoms with Gasteiger partial charge in [-0.3, -0.25) is 9.69 Å². The van der Waals surface area contributed by atoms with E-state index in [0.29, 0.717) is 25.5 Å². The molecule has 0 spiro atoms. The Kier molecular flexibility index (Phi) is 4.95. The third-order valence-corrected chi connectivity index (χ3v) is 3.73. The summed E-state index contributed by atoms with van der Waals surface area (Å²) in [4.78, 5) is 13.2. The molecule has 1 saturated heterocycles. The van der Waals surface area contributed by atoms with Crippen molar-refractivity contribution in [1.29, 1.82) is 0 Å². The minimum Gasteiger partial charge on any atom is -0.489 e. The average Bonchev–Trinajstić information content (AvgIpc) is 2.42. The molecule has 0 aromatic heterocycles. The summed E-state index contributed by atoms with van der Waals surface area (Å²) < 4.78 is 18.8. The van der Waals surface area contributed by atoms with E-state index in [1.54, 1.807) is 18.2 Å². The van der Waals surface area contributed by atoms with Crippen LogP contribution >= 0.6 is 0 Å². The molecule has 1 heterocycles. The molecular weight excluding hydrogens is 261 g/mol. The van der Waals surface area contributed by atoms with E-state index in [4.69, 9.17) is 4.74 Å². The quantitative estimate of drug-likeness (QED) is 0.900. The number of rotatable bonds is 5. The summed E-state index contributed by atoms with van der Waals surface area (Å²) in [5.74, 6) is -0.540. The molecule has 1 aliphatic rings. The van der Waals surface area contributed by atoms with Crippen LogP contribution in [-0.2, 0) is 4.79 Å². The van der Waals surface area contributed by atoms with Gasteiger partial charge in [0.1, 0.15) is 12.6 Å². The number of halogens is 1. The number of piperidine rings is 1. The Morgan fingerprint density at radius 2 is 2.25 bits per heavy atom. The average molecular weight is 281 g/mol. The van der Waals surface area contributed by atoms with Gasteiger partial charge < -0.3 is 9.84 Å². The minimum atomic E-state index is -0.789. The maximum atomic E-state index is 13.4. The first-order chi connectivity index (χ1) is 9.58. The van der Waals surface area contributed by atoms with Crippen LogP contribution in [0.25, 0.3) is 0 Å². The summed E-state index contributed by atoms with van der Waals surface area (Å²) in [5.41, 5.74) is 0. The van der Waals surface area contributed by atoms with Crippen LogP contribution in [0.2, 0.25) is 0 Å². The molecule has 0 aliphatic carbocycles. The minimum absolute atomic E-state index is 0.213. The summed E-state index contributed by atoms with van der Waals surface area (Å²) in [6, 6.07) is 5.78. The zero-order valence-corrected chi connectivity index (χ0v) is 11.6. The van der Waals surface area contributed by atoms with E-state index >= 15 is 0 Å². The van der Waals surface area contributed by atoms with Crippen molar-refractivity contribution in [2.45, 2.75) is 25.8 Å². The number of para-hydroxylation sites is 1. The molecule has 0 radical (unpaired) electrons. The zero-order chi connectivity index (χ0) is 14.5. The summed E-state index contributed by atoms with van der Waals surface area (Å²) in [6.07, 6.45) is 1.65. The number of ether oxygens (including phenoxy) is 1. The second-order valence-electron chi connectivity index (χ2n) is 5.30. The number of hydrogen-bond donors (Lipinski definition) is 1. The van der Waals surface area contributed by atoms with E-state index in [0.717, 1.165) is 13.0 Å². The van der Waals surface area contributed by atoms with Gasteiger partial charge in [0.25, 0.3) is 0 Å². The molecule has 0 amide bonds. The lowest BCUT2D eigenvalue weighted by Gasteiger charge is -2.35. The van der Waals surface area contributed by atoms with Crippen LogP contribution in [0.3, 0.4) is 0 Å². The van der Waals surface area contributed by atoms with E-state index in [2.05, 4.69) is 6.92 Å². The van der Waals surface area contributed by atoms with E-state index in [1.807, 2.05) is 4.90 Å². The smallest absolute Gasteiger partial charge is 0.320 e. The van der Waals surface area contributed by atoms with E-state index in [1.165, 1.54) is 6.07 Å². The van der Waals surface area contributed by atoms with Crippen LogP contribution in [0.5, 0.6) is 5.75 Å². The number of nitrogens with zero attached hydrogens (tertiary/aromatic N) is 1. The van der Waals surface area contributed by atoms with Crippen molar-refractivity contribution in [2.24, 2.45) is 5.92 Å². The summed E-state index contributed by atoms with van der Waals surface area (Å²) in [6.45, 7) is 3.61. The van der Waals surface area contributed by atoms with Gasteiger partial charge in [-0.15, -0.1) is 0 Å². The fourth-order valence-corrected chi connectivity index (χ4v) is 2.55. The summed E-state index contributed by atoms with van der Waals surface area (Å²) >= 11 is 0. The Hall–Kier alpha value is -1.62. The summed E-state index contributed by atoms with van der Waals surface area (Å²) in [5, 5.41) is 9.24.